The molecule has 2 amide bonds. The van der Waals surface area contributed by atoms with Gasteiger partial charge < -0.3 is 10.2 Å². The summed E-state index contributed by atoms with van der Waals surface area (Å²) in [6.07, 6.45) is 1.07. The van der Waals surface area contributed by atoms with Gasteiger partial charge in [-0.2, -0.15) is 0 Å². The van der Waals surface area contributed by atoms with E-state index in [2.05, 4.69) is 19.2 Å². The molecule has 152 valence electrons. The number of anilines is 2. The van der Waals surface area contributed by atoms with Crippen LogP contribution in [0.15, 0.2) is 42.5 Å². The molecule has 0 spiro atoms. The number of nitrogens with zero attached hydrogens (tertiary/aromatic N) is 2. The summed E-state index contributed by atoms with van der Waals surface area (Å²) >= 11 is 0. The largest absolute Gasteiger partial charge is 0.325 e. The molecule has 2 aromatic carbocycles. The van der Waals surface area contributed by atoms with Gasteiger partial charge in [0.25, 0.3) is 5.69 Å². The van der Waals surface area contributed by atoms with Crippen molar-refractivity contribution in [3.8, 4) is 0 Å². The molecular formula is C22H25N3O4. The van der Waals surface area contributed by atoms with Crippen molar-refractivity contribution in [3.05, 3.63) is 63.7 Å². The predicted octanol–water partition coefficient (Wildman–Crippen LogP) is 4.41. The number of carbonyl (C=O) groups is 2. The first-order valence-electron chi connectivity index (χ1n) is 9.77. The molecule has 0 aliphatic carbocycles. The van der Waals surface area contributed by atoms with Crippen molar-refractivity contribution in [1.29, 1.82) is 0 Å². The number of nitro benzene ring substituents is 1. The molecule has 1 saturated heterocycles. The highest BCUT2D eigenvalue weighted by molar-refractivity contribution is 6.04. The second-order valence-corrected chi connectivity index (χ2v) is 7.47. The molecule has 1 aliphatic rings. The quantitative estimate of drug-likeness (QED) is 0.579. The molecule has 1 N–H and O–H groups in total. The molecule has 0 aromatic heterocycles. The number of amides is 2. The van der Waals surface area contributed by atoms with Crippen molar-refractivity contribution in [2.75, 3.05) is 16.8 Å². The van der Waals surface area contributed by atoms with E-state index in [4.69, 9.17) is 0 Å². The van der Waals surface area contributed by atoms with E-state index in [-0.39, 0.29) is 23.9 Å². The molecule has 7 heteroatoms. The summed E-state index contributed by atoms with van der Waals surface area (Å²) in [5.41, 5.74) is 2.70. The molecule has 7 nitrogen and oxygen atoms in total. The van der Waals surface area contributed by atoms with Gasteiger partial charge in [0.15, 0.2) is 0 Å². The SMILES string of the molecule is CCC(C)c1ccccc1N1CC(C(=O)Nc2cccc([N+](=O)[O-])c2C)CC1=O. The topological polar surface area (TPSA) is 92.6 Å². The first kappa shape index (κ1) is 20.5. The van der Waals surface area contributed by atoms with Crippen LogP contribution in [0.3, 0.4) is 0 Å². The number of carbonyl (C=O) groups excluding carboxylic acids is 2. The van der Waals surface area contributed by atoms with Gasteiger partial charge in [-0.1, -0.05) is 38.1 Å². The Labute approximate surface area is 169 Å². The lowest BCUT2D eigenvalue weighted by Crippen LogP contribution is -2.29. The zero-order valence-corrected chi connectivity index (χ0v) is 16.8. The molecule has 2 unspecified atom stereocenters. The minimum absolute atomic E-state index is 0.0468. The Bertz CT molecular complexity index is 957. The van der Waals surface area contributed by atoms with Crippen LogP contribution < -0.4 is 10.2 Å². The monoisotopic (exact) mass is 395 g/mol. The number of rotatable bonds is 6. The van der Waals surface area contributed by atoms with Gasteiger partial charge in [-0.05, 0) is 37.0 Å². The summed E-state index contributed by atoms with van der Waals surface area (Å²) in [5.74, 6) is -0.590. The Hall–Kier alpha value is -3.22. The molecule has 3 rings (SSSR count). The van der Waals surface area contributed by atoms with Gasteiger partial charge in [0, 0.05) is 24.7 Å². The van der Waals surface area contributed by atoms with Crippen LogP contribution in [0.1, 0.15) is 43.7 Å². The van der Waals surface area contributed by atoms with Crippen LogP contribution in [0.25, 0.3) is 0 Å². The highest BCUT2D eigenvalue weighted by Crippen LogP contribution is 2.34. The van der Waals surface area contributed by atoms with Crippen molar-refractivity contribution >= 4 is 28.9 Å². The number of hydrogen-bond donors (Lipinski definition) is 1. The number of nitrogens with one attached hydrogen (secondary N) is 1. The average Bonchev–Trinajstić information content (AvgIpc) is 3.10. The highest BCUT2D eigenvalue weighted by atomic mass is 16.6. The van der Waals surface area contributed by atoms with Gasteiger partial charge in [0.05, 0.1) is 22.1 Å². The summed E-state index contributed by atoms with van der Waals surface area (Å²) < 4.78 is 0. The first-order chi connectivity index (χ1) is 13.8. The second kappa shape index (κ2) is 8.43. The Balaban J connectivity index is 1.79. The van der Waals surface area contributed by atoms with E-state index < -0.39 is 10.8 Å². The van der Waals surface area contributed by atoms with E-state index in [1.807, 2.05) is 24.3 Å². The molecule has 1 aliphatic heterocycles. The molecule has 2 aromatic rings. The van der Waals surface area contributed by atoms with Crippen LogP contribution in [-0.2, 0) is 9.59 Å². The van der Waals surface area contributed by atoms with E-state index in [1.54, 1.807) is 17.9 Å². The summed E-state index contributed by atoms with van der Waals surface area (Å²) in [6, 6.07) is 12.4. The fraction of sp³-hybridized carbons (Fsp3) is 0.364. The maximum absolute atomic E-state index is 12.8. The summed E-state index contributed by atoms with van der Waals surface area (Å²) in [6.45, 7) is 6.12. The Morgan fingerprint density at radius 3 is 2.69 bits per heavy atom. The molecule has 0 radical (unpaired) electrons. The maximum atomic E-state index is 12.8. The minimum atomic E-state index is -0.508. The van der Waals surface area contributed by atoms with Gasteiger partial charge in [0.1, 0.15) is 0 Å². The van der Waals surface area contributed by atoms with E-state index in [0.717, 1.165) is 17.7 Å². The lowest BCUT2D eigenvalue weighted by atomic mass is 9.96. The molecule has 2 atom stereocenters. The highest BCUT2D eigenvalue weighted by Gasteiger charge is 2.36. The predicted molar refractivity (Wildman–Crippen MR) is 112 cm³/mol. The lowest BCUT2D eigenvalue weighted by molar-refractivity contribution is -0.385. The molecule has 0 bridgehead atoms. The Kier molecular flexibility index (Phi) is 5.96. The number of hydrogen-bond acceptors (Lipinski definition) is 4. The number of para-hydroxylation sites is 1. The average molecular weight is 395 g/mol. The van der Waals surface area contributed by atoms with E-state index in [0.29, 0.717) is 23.7 Å². The number of nitro groups is 1. The van der Waals surface area contributed by atoms with Crippen LogP contribution in [-0.4, -0.2) is 23.3 Å². The van der Waals surface area contributed by atoms with Crippen LogP contribution >= 0.6 is 0 Å². The van der Waals surface area contributed by atoms with Gasteiger partial charge in [-0.25, -0.2) is 0 Å². The third-order valence-corrected chi connectivity index (χ3v) is 5.63. The summed E-state index contributed by atoms with van der Waals surface area (Å²) in [7, 11) is 0. The number of benzene rings is 2. The molecule has 1 fully saturated rings. The zero-order chi connectivity index (χ0) is 21.1. The van der Waals surface area contributed by atoms with Crippen LogP contribution in [0.4, 0.5) is 17.1 Å². The maximum Gasteiger partial charge on any atom is 0.274 e. The van der Waals surface area contributed by atoms with Gasteiger partial charge in [-0.15, -0.1) is 0 Å². The minimum Gasteiger partial charge on any atom is -0.325 e. The lowest BCUT2D eigenvalue weighted by Gasteiger charge is -2.23. The third-order valence-electron chi connectivity index (χ3n) is 5.63. The fourth-order valence-electron chi connectivity index (χ4n) is 3.68. The van der Waals surface area contributed by atoms with E-state index in [9.17, 15) is 19.7 Å². The standard InChI is InChI=1S/C22H25N3O4/c1-4-14(2)17-8-5-6-10-20(17)24-13-16(12-21(24)26)22(27)23-18-9-7-11-19(15(18)3)25(28)29/h5-11,14,16H,4,12-13H2,1-3H3,(H,23,27). The zero-order valence-electron chi connectivity index (χ0n) is 16.8. The van der Waals surface area contributed by atoms with Gasteiger partial charge >= 0.3 is 0 Å². The smallest absolute Gasteiger partial charge is 0.274 e. The van der Waals surface area contributed by atoms with Gasteiger partial charge in [0.2, 0.25) is 11.8 Å². The van der Waals surface area contributed by atoms with Gasteiger partial charge in [-0.3, -0.25) is 19.7 Å². The summed E-state index contributed by atoms with van der Waals surface area (Å²) in [5, 5.41) is 13.9. The van der Waals surface area contributed by atoms with E-state index >= 15 is 0 Å². The van der Waals surface area contributed by atoms with Crippen molar-refractivity contribution in [3.63, 3.8) is 0 Å². The third kappa shape index (κ3) is 4.13. The normalized spacial score (nSPS) is 17.3. The first-order valence-corrected chi connectivity index (χ1v) is 9.77. The van der Waals surface area contributed by atoms with Crippen LogP contribution in [0.5, 0.6) is 0 Å². The van der Waals surface area contributed by atoms with Crippen LogP contribution in [0.2, 0.25) is 0 Å². The summed E-state index contributed by atoms with van der Waals surface area (Å²) in [4.78, 5) is 37.8. The Morgan fingerprint density at radius 2 is 2.00 bits per heavy atom. The van der Waals surface area contributed by atoms with E-state index in [1.165, 1.54) is 12.1 Å². The van der Waals surface area contributed by atoms with Crippen LogP contribution in [0, 0.1) is 23.0 Å². The second-order valence-electron chi connectivity index (χ2n) is 7.47. The molecule has 0 saturated carbocycles. The fourth-order valence-corrected chi connectivity index (χ4v) is 3.68. The van der Waals surface area contributed by atoms with Crippen molar-refractivity contribution in [2.45, 2.75) is 39.5 Å². The van der Waals surface area contributed by atoms with Crippen molar-refractivity contribution < 1.29 is 14.5 Å². The van der Waals surface area contributed by atoms with Crippen molar-refractivity contribution in [1.82, 2.24) is 0 Å². The molecule has 1 heterocycles. The molecule has 29 heavy (non-hydrogen) atoms. The Morgan fingerprint density at radius 1 is 1.28 bits per heavy atom. The van der Waals surface area contributed by atoms with Crippen molar-refractivity contribution in [2.24, 2.45) is 5.92 Å². The molecular weight excluding hydrogens is 370 g/mol.